The van der Waals surface area contributed by atoms with Crippen molar-refractivity contribution in [3.63, 3.8) is 0 Å². The van der Waals surface area contributed by atoms with E-state index < -0.39 is 0 Å². The molecule has 1 fully saturated rings. The van der Waals surface area contributed by atoms with Gasteiger partial charge in [-0.2, -0.15) is 15.0 Å². The molecule has 6 heteroatoms. The van der Waals surface area contributed by atoms with E-state index in [0.717, 1.165) is 13.0 Å². The van der Waals surface area contributed by atoms with Gasteiger partial charge >= 0.3 is 0 Å². The fourth-order valence-electron chi connectivity index (χ4n) is 2.05. The molecule has 0 bridgehead atoms. The van der Waals surface area contributed by atoms with Crippen LogP contribution in [0.25, 0.3) is 0 Å². The van der Waals surface area contributed by atoms with Gasteiger partial charge in [0.15, 0.2) is 0 Å². The molecule has 2 rings (SSSR count). The lowest BCUT2D eigenvalue weighted by atomic mass is 9.95. The van der Waals surface area contributed by atoms with E-state index in [1.807, 2.05) is 0 Å². The topological polar surface area (TPSA) is 67.9 Å². The number of halogens is 1. The Bertz CT molecular complexity index is 363. The molecule has 2 N–H and O–H groups in total. The fourth-order valence-corrected chi connectivity index (χ4v) is 2.21. The molecule has 1 aliphatic heterocycles. The van der Waals surface area contributed by atoms with E-state index in [-0.39, 0.29) is 11.2 Å². The van der Waals surface area contributed by atoms with Crippen molar-refractivity contribution >= 4 is 23.5 Å². The van der Waals surface area contributed by atoms with Crippen molar-refractivity contribution in [2.24, 2.45) is 5.92 Å². The fraction of sp³-hybridized carbons (Fsp3) is 0.700. The van der Waals surface area contributed by atoms with Crippen molar-refractivity contribution in [2.45, 2.75) is 32.7 Å². The highest BCUT2D eigenvalue weighted by molar-refractivity contribution is 6.28. The average Bonchev–Trinajstić information content (AvgIpc) is 2.20. The predicted molar refractivity (Wildman–Crippen MR) is 64.5 cm³/mol. The van der Waals surface area contributed by atoms with Crippen LogP contribution in [0.3, 0.4) is 0 Å². The molecule has 2 atom stereocenters. The van der Waals surface area contributed by atoms with Gasteiger partial charge in [-0.3, -0.25) is 0 Å². The monoisotopic (exact) mass is 241 g/mol. The number of rotatable bonds is 1. The molecule has 0 amide bonds. The van der Waals surface area contributed by atoms with Crippen LogP contribution in [-0.4, -0.2) is 27.5 Å². The third-order valence-electron chi connectivity index (χ3n) is 2.99. The van der Waals surface area contributed by atoms with Gasteiger partial charge in [0.1, 0.15) is 0 Å². The molecule has 88 valence electrons. The van der Waals surface area contributed by atoms with Crippen molar-refractivity contribution in [3.8, 4) is 0 Å². The first-order valence-corrected chi connectivity index (χ1v) is 5.87. The summed E-state index contributed by atoms with van der Waals surface area (Å²) >= 11 is 5.78. The molecule has 0 radical (unpaired) electrons. The Kier molecular flexibility index (Phi) is 3.14. The number of piperidine rings is 1. The zero-order valence-corrected chi connectivity index (χ0v) is 10.3. The highest BCUT2D eigenvalue weighted by atomic mass is 35.5. The minimum absolute atomic E-state index is 0.160. The van der Waals surface area contributed by atoms with E-state index in [1.54, 1.807) is 0 Å². The first-order valence-electron chi connectivity index (χ1n) is 5.50. The van der Waals surface area contributed by atoms with E-state index in [2.05, 4.69) is 33.7 Å². The third kappa shape index (κ3) is 2.35. The van der Waals surface area contributed by atoms with Gasteiger partial charge in [-0.05, 0) is 37.3 Å². The van der Waals surface area contributed by atoms with Gasteiger partial charge in [0, 0.05) is 12.6 Å². The van der Waals surface area contributed by atoms with E-state index in [9.17, 15) is 0 Å². The number of aromatic nitrogens is 3. The van der Waals surface area contributed by atoms with Crippen molar-refractivity contribution < 1.29 is 0 Å². The number of anilines is 2. The molecule has 0 saturated carbocycles. The van der Waals surface area contributed by atoms with Crippen LogP contribution in [0.5, 0.6) is 0 Å². The molecule has 2 unspecified atom stereocenters. The molecular formula is C10H16ClN5. The summed E-state index contributed by atoms with van der Waals surface area (Å²) in [6, 6.07) is 0.425. The summed E-state index contributed by atoms with van der Waals surface area (Å²) in [7, 11) is 0. The van der Waals surface area contributed by atoms with E-state index in [4.69, 9.17) is 17.3 Å². The second kappa shape index (κ2) is 4.41. The second-order valence-corrected chi connectivity index (χ2v) is 4.78. The maximum absolute atomic E-state index is 5.78. The number of hydrogen-bond donors (Lipinski definition) is 1. The van der Waals surface area contributed by atoms with Crippen molar-refractivity contribution in [2.75, 3.05) is 17.2 Å². The third-order valence-corrected chi connectivity index (χ3v) is 3.16. The summed E-state index contributed by atoms with van der Waals surface area (Å²) in [5.41, 5.74) is 5.57. The van der Waals surface area contributed by atoms with Crippen LogP contribution in [0.2, 0.25) is 5.28 Å². The largest absolute Gasteiger partial charge is 0.368 e. The second-order valence-electron chi connectivity index (χ2n) is 4.45. The summed E-state index contributed by atoms with van der Waals surface area (Å²) in [5, 5.41) is 0.160. The number of nitrogens with two attached hydrogens (primary N) is 1. The van der Waals surface area contributed by atoms with Crippen molar-refractivity contribution in [3.05, 3.63) is 5.28 Å². The minimum atomic E-state index is 0.160. The quantitative estimate of drug-likeness (QED) is 0.811. The lowest BCUT2D eigenvalue weighted by Crippen LogP contribution is -2.42. The van der Waals surface area contributed by atoms with Gasteiger partial charge in [0.2, 0.25) is 17.2 Å². The zero-order valence-electron chi connectivity index (χ0n) is 9.52. The Morgan fingerprint density at radius 3 is 2.69 bits per heavy atom. The molecular weight excluding hydrogens is 226 g/mol. The van der Waals surface area contributed by atoms with Gasteiger partial charge in [0.25, 0.3) is 0 Å². The standard InChI is InChI=1S/C10H16ClN5/c1-6-3-4-7(2)16(5-6)10-14-8(11)13-9(12)15-10/h6-7H,3-5H2,1-2H3,(H2,12,13,14,15). The Hall–Kier alpha value is -1.10. The highest BCUT2D eigenvalue weighted by Crippen LogP contribution is 2.25. The highest BCUT2D eigenvalue weighted by Gasteiger charge is 2.25. The van der Waals surface area contributed by atoms with Crippen LogP contribution in [0.1, 0.15) is 26.7 Å². The maximum atomic E-state index is 5.78. The predicted octanol–water partition coefficient (Wildman–Crippen LogP) is 1.73. The molecule has 1 aromatic rings. The van der Waals surface area contributed by atoms with E-state index >= 15 is 0 Å². The summed E-state index contributed by atoms with van der Waals surface area (Å²) < 4.78 is 0. The van der Waals surface area contributed by atoms with Crippen LogP contribution in [0.4, 0.5) is 11.9 Å². The molecule has 1 saturated heterocycles. The Morgan fingerprint density at radius 2 is 2.00 bits per heavy atom. The van der Waals surface area contributed by atoms with Gasteiger partial charge in [-0.15, -0.1) is 0 Å². The normalized spacial score (nSPS) is 25.8. The van der Waals surface area contributed by atoms with Crippen LogP contribution < -0.4 is 10.6 Å². The lowest BCUT2D eigenvalue weighted by molar-refractivity contribution is 0.385. The van der Waals surface area contributed by atoms with E-state index in [1.165, 1.54) is 6.42 Å². The molecule has 5 nitrogen and oxygen atoms in total. The van der Waals surface area contributed by atoms with Gasteiger partial charge in [0.05, 0.1) is 0 Å². The molecule has 1 aromatic heterocycles. The number of nitrogens with zero attached hydrogens (tertiary/aromatic N) is 4. The van der Waals surface area contributed by atoms with Crippen LogP contribution in [-0.2, 0) is 0 Å². The van der Waals surface area contributed by atoms with Gasteiger partial charge in [-0.25, -0.2) is 0 Å². The average molecular weight is 242 g/mol. The zero-order chi connectivity index (χ0) is 11.7. The molecule has 2 heterocycles. The number of hydrogen-bond acceptors (Lipinski definition) is 5. The van der Waals surface area contributed by atoms with E-state index in [0.29, 0.717) is 17.9 Å². The Labute approximate surface area is 100 Å². The summed E-state index contributed by atoms with van der Waals surface area (Å²) in [6.45, 7) is 5.34. The summed E-state index contributed by atoms with van der Waals surface area (Å²) in [6.07, 6.45) is 2.39. The molecule has 0 aliphatic carbocycles. The van der Waals surface area contributed by atoms with Gasteiger partial charge in [-0.1, -0.05) is 6.92 Å². The van der Waals surface area contributed by atoms with Crippen molar-refractivity contribution in [1.29, 1.82) is 0 Å². The van der Waals surface area contributed by atoms with Crippen LogP contribution >= 0.6 is 11.6 Å². The lowest BCUT2D eigenvalue weighted by Gasteiger charge is -2.36. The Balaban J connectivity index is 2.27. The van der Waals surface area contributed by atoms with Crippen LogP contribution in [0.15, 0.2) is 0 Å². The van der Waals surface area contributed by atoms with Gasteiger partial charge < -0.3 is 10.6 Å². The summed E-state index contributed by atoms with van der Waals surface area (Å²) in [5.74, 6) is 1.42. The molecule has 0 spiro atoms. The minimum Gasteiger partial charge on any atom is -0.368 e. The number of nitrogen functional groups attached to an aromatic ring is 1. The molecule has 0 aromatic carbocycles. The molecule has 1 aliphatic rings. The molecule has 16 heavy (non-hydrogen) atoms. The smallest absolute Gasteiger partial charge is 0.231 e. The Morgan fingerprint density at radius 1 is 1.25 bits per heavy atom. The summed E-state index contributed by atoms with van der Waals surface area (Å²) in [4.78, 5) is 14.2. The SMILES string of the molecule is CC1CCC(C)N(c2nc(N)nc(Cl)n2)C1. The first-order chi connectivity index (χ1) is 7.56. The maximum Gasteiger partial charge on any atom is 0.231 e. The van der Waals surface area contributed by atoms with Crippen molar-refractivity contribution in [1.82, 2.24) is 15.0 Å². The first kappa shape index (κ1) is 11.4. The van der Waals surface area contributed by atoms with Crippen LogP contribution in [0, 0.1) is 5.92 Å².